The highest BCUT2D eigenvalue weighted by Crippen LogP contribution is 2.43. The Labute approximate surface area is 202 Å². The third-order valence-electron chi connectivity index (χ3n) is 5.47. The summed E-state index contributed by atoms with van der Waals surface area (Å²) in [7, 11) is -1.34. The number of sulfonamides is 1. The second-order valence-corrected chi connectivity index (χ2v) is 9.67. The second kappa shape index (κ2) is 10.1. The molecule has 10 heteroatoms. The molecule has 0 amide bonds. The maximum Gasteiger partial charge on any atom is 0.516 e. The van der Waals surface area contributed by atoms with Crippen molar-refractivity contribution in [3.05, 3.63) is 60.2 Å². The van der Waals surface area contributed by atoms with Gasteiger partial charge in [-0.25, -0.2) is 0 Å². The molecular weight excluding hydrogens is 483 g/mol. The average Bonchev–Trinajstić information content (AvgIpc) is 2.82. The highest BCUT2D eigenvalue weighted by molar-refractivity contribution is 7.93. The number of rotatable bonds is 8. The molecule has 0 aliphatic carbocycles. The largest absolute Gasteiger partial charge is 0.516 e. The van der Waals surface area contributed by atoms with E-state index in [1.54, 1.807) is 6.07 Å². The van der Waals surface area contributed by atoms with Crippen molar-refractivity contribution in [2.75, 3.05) is 26.1 Å². The Balaban J connectivity index is 2.08. The standard InChI is InChI=1S/C25H26F3NO5S/c1-15(2)16-6-8-17(9-7-16)19-13-23(33-4)20(14-22(19)32-3)18-10-11-21(24(12-18)34-5)29-35(30,31)25(26,27)28/h6-15,29H,1-5H3. The summed E-state index contributed by atoms with van der Waals surface area (Å²) >= 11 is 0. The number of methoxy groups -OCH3 is 3. The van der Waals surface area contributed by atoms with Crippen molar-refractivity contribution >= 4 is 15.7 Å². The molecule has 3 aromatic rings. The summed E-state index contributed by atoms with van der Waals surface area (Å²) in [6.07, 6.45) is 0. The van der Waals surface area contributed by atoms with Gasteiger partial charge in [0.2, 0.25) is 0 Å². The van der Waals surface area contributed by atoms with Gasteiger partial charge in [-0.15, -0.1) is 0 Å². The van der Waals surface area contributed by atoms with E-state index in [2.05, 4.69) is 13.8 Å². The fourth-order valence-corrected chi connectivity index (χ4v) is 4.12. The molecule has 3 aromatic carbocycles. The second-order valence-electron chi connectivity index (χ2n) is 8.00. The van der Waals surface area contributed by atoms with Crippen molar-refractivity contribution < 1.29 is 35.8 Å². The van der Waals surface area contributed by atoms with E-state index in [0.29, 0.717) is 28.5 Å². The predicted octanol–water partition coefficient (Wildman–Crippen LogP) is 6.43. The molecule has 0 radical (unpaired) electrons. The van der Waals surface area contributed by atoms with Crippen LogP contribution in [-0.4, -0.2) is 35.3 Å². The summed E-state index contributed by atoms with van der Waals surface area (Å²) in [6.45, 7) is 4.22. The van der Waals surface area contributed by atoms with Crippen molar-refractivity contribution in [2.24, 2.45) is 0 Å². The van der Waals surface area contributed by atoms with Crippen LogP contribution in [0.15, 0.2) is 54.6 Å². The number of ether oxygens (including phenoxy) is 3. The summed E-state index contributed by atoms with van der Waals surface area (Å²) < 4.78 is 79.3. The van der Waals surface area contributed by atoms with Crippen molar-refractivity contribution in [3.63, 3.8) is 0 Å². The van der Waals surface area contributed by atoms with Gasteiger partial charge in [0.05, 0.1) is 27.0 Å². The quantitative estimate of drug-likeness (QED) is 0.379. The molecule has 0 aliphatic heterocycles. The fourth-order valence-electron chi connectivity index (χ4n) is 3.54. The number of halogens is 3. The van der Waals surface area contributed by atoms with Crippen molar-refractivity contribution in [1.29, 1.82) is 0 Å². The van der Waals surface area contributed by atoms with E-state index in [1.165, 1.54) is 49.8 Å². The van der Waals surface area contributed by atoms with Gasteiger partial charge in [-0.1, -0.05) is 44.2 Å². The molecule has 0 unspecified atom stereocenters. The molecule has 0 saturated carbocycles. The summed E-state index contributed by atoms with van der Waals surface area (Å²) in [6, 6.07) is 15.7. The van der Waals surface area contributed by atoms with Crippen LogP contribution in [0.25, 0.3) is 22.3 Å². The third-order valence-corrected chi connectivity index (χ3v) is 6.57. The first kappa shape index (κ1) is 26.2. The Morgan fingerprint density at radius 2 is 1.23 bits per heavy atom. The van der Waals surface area contributed by atoms with E-state index in [0.717, 1.165) is 11.1 Å². The molecule has 0 atom stereocenters. The van der Waals surface area contributed by atoms with E-state index in [-0.39, 0.29) is 11.4 Å². The van der Waals surface area contributed by atoms with Gasteiger partial charge >= 0.3 is 15.5 Å². The first-order valence-corrected chi connectivity index (χ1v) is 12.0. The molecule has 0 saturated heterocycles. The van der Waals surface area contributed by atoms with E-state index < -0.39 is 15.5 Å². The van der Waals surface area contributed by atoms with Crippen LogP contribution in [0.1, 0.15) is 25.3 Å². The molecule has 188 valence electrons. The minimum absolute atomic E-state index is 0.0929. The van der Waals surface area contributed by atoms with Crippen LogP contribution < -0.4 is 18.9 Å². The lowest BCUT2D eigenvalue weighted by Gasteiger charge is -2.18. The fraction of sp³-hybridized carbons (Fsp3) is 0.280. The summed E-state index contributed by atoms with van der Waals surface area (Å²) in [5.41, 5.74) is -1.79. The number of hydrogen-bond donors (Lipinski definition) is 1. The number of benzene rings is 3. The van der Waals surface area contributed by atoms with E-state index in [9.17, 15) is 21.6 Å². The van der Waals surface area contributed by atoms with Crippen LogP contribution in [0.5, 0.6) is 17.2 Å². The van der Waals surface area contributed by atoms with Crippen molar-refractivity contribution in [2.45, 2.75) is 25.3 Å². The Bertz CT molecular complexity index is 1300. The van der Waals surface area contributed by atoms with Crippen LogP contribution >= 0.6 is 0 Å². The van der Waals surface area contributed by atoms with Crippen LogP contribution in [0.2, 0.25) is 0 Å². The maximum absolute atomic E-state index is 12.8. The van der Waals surface area contributed by atoms with Gasteiger partial charge < -0.3 is 14.2 Å². The zero-order valence-corrected chi connectivity index (χ0v) is 20.7. The smallest absolute Gasteiger partial charge is 0.496 e. The minimum atomic E-state index is -5.60. The molecule has 3 rings (SSSR count). The van der Waals surface area contributed by atoms with E-state index in [4.69, 9.17) is 14.2 Å². The van der Waals surface area contributed by atoms with Gasteiger partial charge in [0.25, 0.3) is 0 Å². The highest BCUT2D eigenvalue weighted by atomic mass is 32.2. The number of hydrogen-bond acceptors (Lipinski definition) is 5. The Kier molecular flexibility index (Phi) is 7.54. The molecule has 0 fully saturated rings. The molecule has 1 N–H and O–H groups in total. The first-order valence-electron chi connectivity index (χ1n) is 10.6. The summed E-state index contributed by atoms with van der Waals surface area (Å²) in [5, 5.41) is 0. The van der Waals surface area contributed by atoms with Gasteiger partial charge in [-0.3, -0.25) is 4.72 Å². The summed E-state index contributed by atoms with van der Waals surface area (Å²) in [5.74, 6) is 1.34. The van der Waals surface area contributed by atoms with Crippen LogP contribution in [0.3, 0.4) is 0 Å². The monoisotopic (exact) mass is 509 g/mol. The zero-order valence-electron chi connectivity index (χ0n) is 19.9. The van der Waals surface area contributed by atoms with Crippen molar-refractivity contribution in [3.8, 4) is 39.5 Å². The minimum Gasteiger partial charge on any atom is -0.496 e. The molecule has 0 aliphatic rings. The van der Waals surface area contributed by atoms with Crippen molar-refractivity contribution in [1.82, 2.24) is 0 Å². The van der Waals surface area contributed by atoms with Gasteiger partial charge in [0.1, 0.15) is 17.2 Å². The topological polar surface area (TPSA) is 73.9 Å². The SMILES string of the molecule is COc1cc(-c2cc(OC)c(-c3ccc(C(C)C)cc3)cc2OC)ccc1NS(=O)(=O)C(F)(F)F. The van der Waals surface area contributed by atoms with Crippen LogP contribution in [-0.2, 0) is 10.0 Å². The van der Waals surface area contributed by atoms with Gasteiger partial charge in [-0.05, 0) is 46.9 Å². The molecule has 0 heterocycles. The number of anilines is 1. The number of nitrogens with one attached hydrogen (secondary N) is 1. The van der Waals surface area contributed by atoms with E-state index in [1.807, 2.05) is 30.3 Å². The molecule has 35 heavy (non-hydrogen) atoms. The maximum atomic E-state index is 12.8. The molecule has 6 nitrogen and oxygen atoms in total. The lowest BCUT2D eigenvalue weighted by Crippen LogP contribution is -2.30. The Morgan fingerprint density at radius 3 is 1.69 bits per heavy atom. The normalized spacial score (nSPS) is 11.9. The average molecular weight is 510 g/mol. The lowest BCUT2D eigenvalue weighted by atomic mass is 9.95. The van der Waals surface area contributed by atoms with Gasteiger partial charge in [-0.2, -0.15) is 21.6 Å². The number of alkyl halides is 3. The molecule has 0 bridgehead atoms. The highest BCUT2D eigenvalue weighted by Gasteiger charge is 2.46. The Morgan fingerprint density at radius 1 is 0.743 bits per heavy atom. The molecule has 0 aromatic heterocycles. The first-order chi connectivity index (χ1) is 16.4. The Hall–Kier alpha value is -3.40. The molecule has 0 spiro atoms. The van der Waals surface area contributed by atoms with Crippen LogP contribution in [0.4, 0.5) is 18.9 Å². The third kappa shape index (κ3) is 5.48. The van der Waals surface area contributed by atoms with Gasteiger partial charge in [0, 0.05) is 11.1 Å². The zero-order chi connectivity index (χ0) is 26.0. The van der Waals surface area contributed by atoms with E-state index >= 15 is 0 Å². The van der Waals surface area contributed by atoms with Crippen LogP contribution in [0, 0.1) is 0 Å². The summed E-state index contributed by atoms with van der Waals surface area (Å²) in [4.78, 5) is 0. The molecular formula is C25H26F3NO5S. The van der Waals surface area contributed by atoms with Gasteiger partial charge in [0.15, 0.2) is 0 Å². The lowest BCUT2D eigenvalue weighted by molar-refractivity contribution is -0.0429. The predicted molar refractivity (Wildman–Crippen MR) is 130 cm³/mol.